The maximum atomic E-state index is 11.5. The lowest BCUT2D eigenvalue weighted by molar-refractivity contribution is -0.383. The Morgan fingerprint density at radius 2 is 2.25 bits per heavy atom. The molecule has 1 saturated heterocycles. The van der Waals surface area contributed by atoms with Gasteiger partial charge in [0, 0.05) is 13.1 Å². The molecule has 0 aliphatic carbocycles. The standard InChI is InChI=1S/C9H14N6O4S/c1-14(6-2-3-20(18,19)4-6)9-7(15(16)17)8(13-10)11-5-12-9/h5-6H,2-4,10H2,1H3,(H,11,12,13). The first-order valence-corrected chi connectivity index (χ1v) is 7.57. The molecule has 0 aromatic carbocycles. The summed E-state index contributed by atoms with van der Waals surface area (Å²) in [5, 5.41) is 11.1. The van der Waals surface area contributed by atoms with E-state index in [2.05, 4.69) is 15.4 Å². The first-order valence-electron chi connectivity index (χ1n) is 5.75. The zero-order chi connectivity index (χ0) is 14.9. The van der Waals surface area contributed by atoms with Crippen molar-refractivity contribution in [1.29, 1.82) is 0 Å². The third-order valence-corrected chi connectivity index (χ3v) is 4.96. The maximum Gasteiger partial charge on any atom is 0.354 e. The normalized spacial score (nSPS) is 20.6. The lowest BCUT2D eigenvalue weighted by Gasteiger charge is -2.24. The molecule has 1 aliphatic heterocycles. The van der Waals surface area contributed by atoms with Crippen LogP contribution in [-0.4, -0.2) is 47.9 Å². The van der Waals surface area contributed by atoms with Gasteiger partial charge in [-0.2, -0.15) is 0 Å². The highest BCUT2D eigenvalue weighted by atomic mass is 32.2. The summed E-state index contributed by atoms with van der Waals surface area (Å²) in [4.78, 5) is 19.5. The van der Waals surface area contributed by atoms with Crippen LogP contribution in [0.3, 0.4) is 0 Å². The number of rotatable bonds is 4. The highest BCUT2D eigenvalue weighted by Crippen LogP contribution is 2.33. The Bertz CT molecular complexity index is 633. The molecule has 2 rings (SSSR count). The Labute approximate surface area is 115 Å². The highest BCUT2D eigenvalue weighted by molar-refractivity contribution is 7.91. The smallest absolute Gasteiger partial charge is 0.350 e. The van der Waals surface area contributed by atoms with Gasteiger partial charge in [0.15, 0.2) is 9.84 Å². The lowest BCUT2D eigenvalue weighted by atomic mass is 10.2. The van der Waals surface area contributed by atoms with Gasteiger partial charge in [-0.1, -0.05) is 0 Å². The van der Waals surface area contributed by atoms with Crippen molar-refractivity contribution >= 4 is 27.2 Å². The number of anilines is 2. The van der Waals surface area contributed by atoms with E-state index in [9.17, 15) is 18.5 Å². The molecule has 10 nitrogen and oxygen atoms in total. The molecule has 1 aromatic rings. The number of nitrogens with two attached hydrogens (primary N) is 1. The van der Waals surface area contributed by atoms with Gasteiger partial charge >= 0.3 is 5.69 Å². The minimum Gasteiger partial charge on any atom is -0.350 e. The number of aromatic nitrogens is 2. The number of nitrogens with one attached hydrogen (secondary N) is 1. The van der Waals surface area contributed by atoms with E-state index in [1.165, 1.54) is 4.90 Å². The third-order valence-electron chi connectivity index (χ3n) is 3.21. The molecule has 1 atom stereocenters. The molecular formula is C9H14N6O4S. The van der Waals surface area contributed by atoms with Crippen LogP contribution in [0.1, 0.15) is 6.42 Å². The summed E-state index contributed by atoms with van der Waals surface area (Å²) in [5.41, 5.74) is 1.77. The van der Waals surface area contributed by atoms with Gasteiger partial charge in [0.1, 0.15) is 6.33 Å². The van der Waals surface area contributed by atoms with Gasteiger partial charge in [0.2, 0.25) is 11.6 Å². The number of hydrogen-bond donors (Lipinski definition) is 2. The van der Waals surface area contributed by atoms with Crippen LogP contribution in [0.25, 0.3) is 0 Å². The van der Waals surface area contributed by atoms with Crippen molar-refractivity contribution in [3.63, 3.8) is 0 Å². The second-order valence-electron chi connectivity index (χ2n) is 4.46. The van der Waals surface area contributed by atoms with Crippen LogP contribution in [-0.2, 0) is 9.84 Å². The SMILES string of the molecule is CN(c1ncnc(NN)c1[N+](=O)[O-])C1CCS(=O)(=O)C1. The molecule has 11 heteroatoms. The van der Waals surface area contributed by atoms with E-state index in [0.717, 1.165) is 6.33 Å². The van der Waals surface area contributed by atoms with Gasteiger partial charge < -0.3 is 10.3 Å². The van der Waals surface area contributed by atoms with Crippen LogP contribution < -0.4 is 16.2 Å². The number of hydrazine groups is 1. The molecule has 1 unspecified atom stereocenters. The molecule has 1 aromatic heterocycles. The Hall–Kier alpha value is -2.01. The van der Waals surface area contributed by atoms with Crippen molar-refractivity contribution < 1.29 is 13.3 Å². The molecule has 0 radical (unpaired) electrons. The van der Waals surface area contributed by atoms with E-state index >= 15 is 0 Å². The van der Waals surface area contributed by atoms with Crippen molar-refractivity contribution in [2.75, 3.05) is 28.9 Å². The third kappa shape index (κ3) is 2.63. The summed E-state index contributed by atoms with van der Waals surface area (Å²) >= 11 is 0. The van der Waals surface area contributed by atoms with Gasteiger partial charge in [-0.25, -0.2) is 24.2 Å². The Balaban J connectivity index is 2.40. The topological polar surface area (TPSA) is 144 Å². The fourth-order valence-electron chi connectivity index (χ4n) is 2.16. The Morgan fingerprint density at radius 1 is 1.55 bits per heavy atom. The van der Waals surface area contributed by atoms with E-state index in [1.54, 1.807) is 7.05 Å². The van der Waals surface area contributed by atoms with Gasteiger partial charge in [-0.15, -0.1) is 0 Å². The zero-order valence-electron chi connectivity index (χ0n) is 10.7. The number of nitrogen functional groups attached to an aromatic ring is 1. The van der Waals surface area contributed by atoms with Gasteiger partial charge in [-0.3, -0.25) is 10.1 Å². The Morgan fingerprint density at radius 3 is 2.75 bits per heavy atom. The van der Waals surface area contributed by atoms with Crippen molar-refractivity contribution in [2.45, 2.75) is 12.5 Å². The van der Waals surface area contributed by atoms with Crippen LogP contribution in [0.4, 0.5) is 17.3 Å². The maximum absolute atomic E-state index is 11.5. The van der Waals surface area contributed by atoms with E-state index in [0.29, 0.717) is 6.42 Å². The van der Waals surface area contributed by atoms with E-state index in [-0.39, 0.29) is 34.9 Å². The first-order chi connectivity index (χ1) is 9.35. The summed E-state index contributed by atoms with van der Waals surface area (Å²) < 4.78 is 23.0. The average Bonchev–Trinajstić information content (AvgIpc) is 2.77. The zero-order valence-corrected chi connectivity index (χ0v) is 11.5. The minimum absolute atomic E-state index is 0.0417. The van der Waals surface area contributed by atoms with Crippen molar-refractivity contribution in [3.05, 3.63) is 16.4 Å². The Kier molecular flexibility index (Phi) is 3.72. The van der Waals surface area contributed by atoms with E-state index in [1.807, 2.05) is 0 Å². The predicted octanol–water partition coefficient (Wildman–Crippen LogP) is -0.706. The highest BCUT2D eigenvalue weighted by Gasteiger charge is 2.35. The van der Waals surface area contributed by atoms with Crippen molar-refractivity contribution in [2.24, 2.45) is 5.84 Å². The summed E-state index contributed by atoms with van der Waals surface area (Å²) in [5.74, 6) is 5.15. The predicted molar refractivity (Wildman–Crippen MR) is 72.0 cm³/mol. The fraction of sp³-hybridized carbons (Fsp3) is 0.556. The molecule has 1 aliphatic rings. The lowest BCUT2D eigenvalue weighted by Crippen LogP contribution is -2.34. The van der Waals surface area contributed by atoms with Gasteiger partial charge in [0.05, 0.1) is 16.4 Å². The van der Waals surface area contributed by atoms with Crippen LogP contribution >= 0.6 is 0 Å². The summed E-state index contributed by atoms with van der Waals surface area (Å²) in [6, 6.07) is -0.348. The van der Waals surface area contributed by atoms with Crippen molar-refractivity contribution in [1.82, 2.24) is 9.97 Å². The molecule has 20 heavy (non-hydrogen) atoms. The second kappa shape index (κ2) is 5.17. The van der Waals surface area contributed by atoms with E-state index in [4.69, 9.17) is 5.84 Å². The number of nitrogens with zero attached hydrogens (tertiary/aromatic N) is 4. The van der Waals surface area contributed by atoms with Gasteiger partial charge in [0.25, 0.3) is 0 Å². The molecule has 0 saturated carbocycles. The van der Waals surface area contributed by atoms with E-state index < -0.39 is 14.8 Å². The molecule has 0 bridgehead atoms. The monoisotopic (exact) mass is 302 g/mol. The summed E-state index contributed by atoms with van der Waals surface area (Å²) in [7, 11) is -1.52. The van der Waals surface area contributed by atoms with Crippen LogP contribution in [0, 0.1) is 10.1 Å². The minimum atomic E-state index is -3.09. The quantitative estimate of drug-likeness (QED) is 0.418. The molecule has 2 heterocycles. The molecule has 110 valence electrons. The number of hydrogen-bond acceptors (Lipinski definition) is 9. The molecule has 0 amide bonds. The molecule has 1 fully saturated rings. The molecule has 0 spiro atoms. The van der Waals surface area contributed by atoms with Crippen LogP contribution in [0.15, 0.2) is 6.33 Å². The summed E-state index contributed by atoms with van der Waals surface area (Å²) in [6.07, 6.45) is 1.54. The van der Waals surface area contributed by atoms with Gasteiger partial charge in [-0.05, 0) is 6.42 Å². The van der Waals surface area contributed by atoms with Crippen LogP contribution in [0.5, 0.6) is 0 Å². The van der Waals surface area contributed by atoms with Crippen LogP contribution in [0.2, 0.25) is 0 Å². The fourth-order valence-corrected chi connectivity index (χ4v) is 3.93. The molecule has 3 N–H and O–H groups in total. The first kappa shape index (κ1) is 14.4. The molecular weight excluding hydrogens is 288 g/mol. The second-order valence-corrected chi connectivity index (χ2v) is 6.69. The number of nitro groups is 1. The largest absolute Gasteiger partial charge is 0.354 e. The summed E-state index contributed by atoms with van der Waals surface area (Å²) in [6.45, 7) is 0. The average molecular weight is 302 g/mol. The van der Waals surface area contributed by atoms with Crippen molar-refractivity contribution in [3.8, 4) is 0 Å². The number of sulfone groups is 1.